The molecule has 2 aromatic rings. The maximum Gasteiger partial charge on any atom is 0.265 e. The van der Waals surface area contributed by atoms with Crippen LogP contribution in [0, 0.1) is 6.92 Å². The molecule has 0 aliphatic carbocycles. The first-order chi connectivity index (χ1) is 8.49. The van der Waals surface area contributed by atoms with E-state index >= 15 is 0 Å². The van der Waals surface area contributed by atoms with E-state index in [1.54, 1.807) is 22.9 Å². The summed E-state index contributed by atoms with van der Waals surface area (Å²) in [6.45, 7) is 2.28. The summed E-state index contributed by atoms with van der Waals surface area (Å²) >= 11 is 9.09. The number of nitrogens with two attached hydrogens (primary N) is 1. The Morgan fingerprint density at radius 3 is 2.56 bits per heavy atom. The minimum absolute atomic E-state index is 0.0864. The highest BCUT2D eigenvalue weighted by molar-refractivity contribution is 9.10. The van der Waals surface area contributed by atoms with Crippen LogP contribution in [-0.4, -0.2) is 4.57 Å². The highest BCUT2D eigenvalue weighted by atomic mass is 79.9. The fourth-order valence-corrected chi connectivity index (χ4v) is 2.22. The van der Waals surface area contributed by atoms with Gasteiger partial charge in [0.25, 0.3) is 5.56 Å². The summed E-state index contributed by atoms with van der Waals surface area (Å²) in [5.41, 5.74) is 8.13. The van der Waals surface area contributed by atoms with Crippen LogP contribution in [0.5, 0.6) is 0 Å². The van der Waals surface area contributed by atoms with Crippen LogP contribution in [-0.2, 0) is 6.54 Å². The van der Waals surface area contributed by atoms with E-state index in [0.29, 0.717) is 21.7 Å². The van der Waals surface area contributed by atoms with Gasteiger partial charge in [0, 0.05) is 11.2 Å². The monoisotopic (exact) mass is 326 g/mol. The Morgan fingerprint density at radius 1 is 1.33 bits per heavy atom. The third-order valence-corrected chi connectivity index (χ3v) is 3.96. The number of pyridine rings is 1. The van der Waals surface area contributed by atoms with Crippen molar-refractivity contribution < 1.29 is 0 Å². The lowest BCUT2D eigenvalue weighted by atomic mass is 10.2. The highest BCUT2D eigenvalue weighted by Gasteiger charge is 2.08. The number of hydrogen-bond donors (Lipinski definition) is 1. The minimum Gasteiger partial charge on any atom is -0.397 e. The number of anilines is 1. The van der Waals surface area contributed by atoms with Crippen LogP contribution < -0.4 is 11.3 Å². The Labute approximate surface area is 118 Å². The largest absolute Gasteiger partial charge is 0.397 e. The number of nitrogen functional groups attached to an aromatic ring is 1. The van der Waals surface area contributed by atoms with Crippen LogP contribution in [0.3, 0.4) is 0 Å². The lowest BCUT2D eigenvalue weighted by Gasteiger charge is -2.10. The summed E-state index contributed by atoms with van der Waals surface area (Å²) in [7, 11) is 0. The molecule has 18 heavy (non-hydrogen) atoms. The van der Waals surface area contributed by atoms with Crippen molar-refractivity contribution in [3.63, 3.8) is 0 Å². The molecule has 0 aliphatic heterocycles. The topological polar surface area (TPSA) is 48.0 Å². The van der Waals surface area contributed by atoms with Gasteiger partial charge in [-0.1, -0.05) is 23.7 Å². The van der Waals surface area contributed by atoms with Crippen molar-refractivity contribution in [2.75, 3.05) is 5.73 Å². The molecule has 5 heteroatoms. The minimum atomic E-state index is -0.0864. The van der Waals surface area contributed by atoms with Crippen LogP contribution in [0.2, 0.25) is 5.02 Å². The summed E-state index contributed by atoms with van der Waals surface area (Å²) in [6, 6.07) is 7.38. The van der Waals surface area contributed by atoms with Crippen LogP contribution in [0.4, 0.5) is 5.69 Å². The molecule has 1 heterocycles. The quantitative estimate of drug-likeness (QED) is 0.921. The van der Waals surface area contributed by atoms with E-state index in [1.165, 1.54) is 0 Å². The van der Waals surface area contributed by atoms with Crippen LogP contribution in [0.15, 0.2) is 39.7 Å². The molecule has 0 radical (unpaired) electrons. The van der Waals surface area contributed by atoms with Gasteiger partial charge in [-0.25, -0.2) is 0 Å². The van der Waals surface area contributed by atoms with Crippen molar-refractivity contribution in [1.29, 1.82) is 0 Å². The number of rotatable bonds is 2. The van der Waals surface area contributed by atoms with Gasteiger partial charge in [0.2, 0.25) is 0 Å². The van der Waals surface area contributed by atoms with E-state index < -0.39 is 0 Å². The number of nitrogens with zero attached hydrogens (tertiary/aromatic N) is 1. The average molecular weight is 328 g/mol. The Kier molecular flexibility index (Phi) is 3.78. The molecule has 0 unspecified atom stereocenters. The first kappa shape index (κ1) is 13.2. The molecule has 0 aliphatic rings. The van der Waals surface area contributed by atoms with Gasteiger partial charge in [0.05, 0.1) is 16.7 Å². The normalized spacial score (nSPS) is 10.6. The predicted molar refractivity (Wildman–Crippen MR) is 78.1 cm³/mol. The third kappa shape index (κ3) is 2.60. The molecular weight excluding hydrogens is 316 g/mol. The number of aromatic nitrogens is 1. The SMILES string of the molecule is Cc1c(N)cn(Cc2ccc(Cl)cc2)c(=O)c1Br. The van der Waals surface area contributed by atoms with E-state index in [0.717, 1.165) is 11.1 Å². The Balaban J connectivity index is 2.41. The van der Waals surface area contributed by atoms with E-state index in [-0.39, 0.29) is 5.56 Å². The van der Waals surface area contributed by atoms with Crippen molar-refractivity contribution >= 4 is 33.2 Å². The Bertz CT molecular complexity index is 635. The van der Waals surface area contributed by atoms with Crippen LogP contribution in [0.1, 0.15) is 11.1 Å². The molecule has 94 valence electrons. The zero-order valence-corrected chi connectivity index (χ0v) is 12.1. The molecular formula is C13H12BrClN2O. The summed E-state index contributed by atoms with van der Waals surface area (Å²) in [5, 5.41) is 0.677. The lowest BCUT2D eigenvalue weighted by molar-refractivity contribution is 0.754. The summed E-state index contributed by atoms with van der Waals surface area (Å²) < 4.78 is 2.09. The Hall–Kier alpha value is -1.26. The van der Waals surface area contributed by atoms with Crippen molar-refractivity contribution in [3.05, 3.63) is 61.4 Å². The fraction of sp³-hybridized carbons (Fsp3) is 0.154. The van der Waals surface area contributed by atoms with Crippen LogP contribution >= 0.6 is 27.5 Å². The molecule has 0 atom stereocenters. The smallest absolute Gasteiger partial charge is 0.265 e. The summed E-state index contributed by atoms with van der Waals surface area (Å²) in [5.74, 6) is 0. The number of halogens is 2. The van der Waals surface area contributed by atoms with E-state index in [2.05, 4.69) is 15.9 Å². The zero-order chi connectivity index (χ0) is 13.3. The standard InChI is InChI=1S/C13H12BrClN2O/c1-8-11(16)7-17(13(18)12(8)14)6-9-2-4-10(15)5-3-9/h2-5,7H,6,16H2,1H3. The molecule has 0 bridgehead atoms. The molecule has 1 aromatic heterocycles. The van der Waals surface area contributed by atoms with Gasteiger partial charge in [-0.3, -0.25) is 4.79 Å². The maximum atomic E-state index is 12.0. The van der Waals surface area contributed by atoms with Crippen molar-refractivity contribution in [1.82, 2.24) is 4.57 Å². The molecule has 0 saturated carbocycles. The van der Waals surface area contributed by atoms with Gasteiger partial charge < -0.3 is 10.3 Å². The van der Waals surface area contributed by atoms with E-state index in [9.17, 15) is 4.79 Å². The maximum absolute atomic E-state index is 12.0. The molecule has 1 aromatic carbocycles. The number of benzene rings is 1. The predicted octanol–water partition coefficient (Wildman–Crippen LogP) is 3.20. The molecule has 0 fully saturated rings. The lowest BCUT2D eigenvalue weighted by Crippen LogP contribution is -2.22. The molecule has 2 rings (SSSR count). The molecule has 2 N–H and O–H groups in total. The van der Waals surface area contributed by atoms with Crippen molar-refractivity contribution in [2.24, 2.45) is 0 Å². The molecule has 0 amide bonds. The molecule has 3 nitrogen and oxygen atoms in total. The molecule has 0 saturated heterocycles. The summed E-state index contributed by atoms with van der Waals surface area (Å²) in [6.07, 6.45) is 1.66. The van der Waals surface area contributed by atoms with Crippen LogP contribution in [0.25, 0.3) is 0 Å². The summed E-state index contributed by atoms with van der Waals surface area (Å²) in [4.78, 5) is 12.0. The zero-order valence-electron chi connectivity index (χ0n) is 9.78. The third-order valence-electron chi connectivity index (χ3n) is 2.77. The van der Waals surface area contributed by atoms with Gasteiger partial charge in [-0.05, 0) is 46.1 Å². The van der Waals surface area contributed by atoms with Crippen molar-refractivity contribution in [3.8, 4) is 0 Å². The van der Waals surface area contributed by atoms with Gasteiger partial charge in [-0.2, -0.15) is 0 Å². The Morgan fingerprint density at radius 2 is 1.94 bits per heavy atom. The van der Waals surface area contributed by atoms with Gasteiger partial charge in [0.1, 0.15) is 0 Å². The highest BCUT2D eigenvalue weighted by Crippen LogP contribution is 2.18. The fourth-order valence-electron chi connectivity index (χ4n) is 1.64. The average Bonchev–Trinajstić information content (AvgIpc) is 2.36. The second-order valence-corrected chi connectivity index (χ2v) is 5.31. The number of hydrogen-bond acceptors (Lipinski definition) is 2. The first-order valence-corrected chi connectivity index (χ1v) is 6.55. The van der Waals surface area contributed by atoms with Gasteiger partial charge in [-0.15, -0.1) is 0 Å². The van der Waals surface area contributed by atoms with Gasteiger partial charge in [0.15, 0.2) is 0 Å². The second kappa shape index (κ2) is 5.16. The molecule has 0 spiro atoms. The first-order valence-electron chi connectivity index (χ1n) is 5.38. The van der Waals surface area contributed by atoms with Crippen molar-refractivity contribution in [2.45, 2.75) is 13.5 Å². The van der Waals surface area contributed by atoms with E-state index in [1.807, 2.05) is 19.1 Å². The van der Waals surface area contributed by atoms with Gasteiger partial charge >= 0.3 is 0 Å². The second-order valence-electron chi connectivity index (χ2n) is 4.08. The van der Waals surface area contributed by atoms with E-state index in [4.69, 9.17) is 17.3 Å².